The van der Waals surface area contributed by atoms with Crippen molar-refractivity contribution >= 4 is 34.9 Å². The van der Waals surface area contributed by atoms with E-state index in [-0.39, 0.29) is 11.8 Å². The van der Waals surface area contributed by atoms with Crippen LogP contribution >= 0.6 is 0 Å². The van der Waals surface area contributed by atoms with Crippen molar-refractivity contribution in [2.45, 2.75) is 26.2 Å². The molecule has 1 aliphatic heterocycles. The van der Waals surface area contributed by atoms with Gasteiger partial charge in [0.2, 0.25) is 5.91 Å². The zero-order chi connectivity index (χ0) is 21.4. The number of amides is 1. The van der Waals surface area contributed by atoms with Gasteiger partial charge in [-0.05, 0) is 49.2 Å². The number of carbonyl (C=O) groups excluding carboxylic acids is 1. The van der Waals surface area contributed by atoms with Gasteiger partial charge in [-0.1, -0.05) is 60.2 Å². The summed E-state index contributed by atoms with van der Waals surface area (Å²) in [4.78, 5) is 19.8. The molecule has 1 atom stereocenters. The maximum absolute atomic E-state index is 13.0. The maximum Gasteiger partial charge on any atom is 0.227 e. The van der Waals surface area contributed by atoms with Gasteiger partial charge in [0.25, 0.3) is 0 Å². The summed E-state index contributed by atoms with van der Waals surface area (Å²) in [5.41, 5.74) is 6.48. The lowest BCUT2D eigenvalue weighted by Crippen LogP contribution is -2.25. The minimum absolute atomic E-state index is 0.0426. The third-order valence-electron chi connectivity index (χ3n) is 5.97. The molecular weight excluding hydrogens is 382 g/mol. The Morgan fingerprint density at radius 3 is 2.55 bits per heavy atom. The molecule has 1 fully saturated rings. The Morgan fingerprint density at radius 2 is 1.74 bits per heavy atom. The Balaban J connectivity index is 1.53. The van der Waals surface area contributed by atoms with Crippen LogP contribution in [0.1, 0.15) is 34.9 Å². The lowest BCUT2D eigenvalue weighted by atomic mass is 10.1. The number of aromatic nitrogens is 2. The molecule has 1 aliphatic rings. The van der Waals surface area contributed by atoms with Crippen molar-refractivity contribution in [3.63, 3.8) is 0 Å². The van der Waals surface area contributed by atoms with Crippen molar-refractivity contribution < 1.29 is 4.79 Å². The quantitative estimate of drug-likeness (QED) is 0.429. The second-order valence-electron chi connectivity index (χ2n) is 8.25. The molecule has 4 heteroatoms. The highest BCUT2D eigenvalue weighted by molar-refractivity contribution is 5.97. The maximum atomic E-state index is 13.0. The minimum Gasteiger partial charge on any atom is -0.311 e. The predicted octanol–water partition coefficient (Wildman–Crippen LogP) is 5.80. The molecule has 0 radical (unpaired) electrons. The van der Waals surface area contributed by atoms with Gasteiger partial charge in [0, 0.05) is 30.8 Å². The molecule has 1 amide bonds. The van der Waals surface area contributed by atoms with Crippen molar-refractivity contribution in [2.75, 3.05) is 11.4 Å². The molecular formula is C27H25N3O. The fourth-order valence-corrected chi connectivity index (χ4v) is 4.45. The summed E-state index contributed by atoms with van der Waals surface area (Å²) in [6.07, 6.45) is 4.64. The van der Waals surface area contributed by atoms with Crippen molar-refractivity contribution in [1.29, 1.82) is 0 Å². The number of para-hydroxylation sites is 2. The second-order valence-corrected chi connectivity index (χ2v) is 8.25. The lowest BCUT2D eigenvalue weighted by molar-refractivity contribution is -0.117. The standard InChI is InChI=1S/C27H25N3O/c1-19-12-13-24(20(2)16-19)30-18-22(17-26(30)31)27-28-23-10-6-7-11-25(23)29(27)15-14-21-8-4-3-5-9-21/h3-16,22H,17-18H2,1-2H3/b15-14+. The van der Waals surface area contributed by atoms with Crippen LogP contribution < -0.4 is 4.90 Å². The van der Waals surface area contributed by atoms with Gasteiger partial charge >= 0.3 is 0 Å². The van der Waals surface area contributed by atoms with Gasteiger partial charge in [0.15, 0.2) is 0 Å². The number of fused-ring (bicyclic) bond motifs is 1. The van der Waals surface area contributed by atoms with E-state index in [1.165, 1.54) is 5.56 Å². The third kappa shape index (κ3) is 3.66. The number of rotatable bonds is 4. The van der Waals surface area contributed by atoms with E-state index in [4.69, 9.17) is 4.98 Å². The van der Waals surface area contributed by atoms with Crippen molar-refractivity contribution in [3.05, 3.63) is 95.3 Å². The molecule has 1 unspecified atom stereocenters. The zero-order valence-corrected chi connectivity index (χ0v) is 17.8. The summed E-state index contributed by atoms with van der Waals surface area (Å²) >= 11 is 0. The number of hydrogen-bond acceptors (Lipinski definition) is 2. The number of anilines is 1. The van der Waals surface area contributed by atoms with Crippen LogP contribution in [0.4, 0.5) is 5.69 Å². The topological polar surface area (TPSA) is 38.1 Å². The Morgan fingerprint density at radius 1 is 0.968 bits per heavy atom. The summed E-state index contributed by atoms with van der Waals surface area (Å²) in [6, 6.07) is 24.7. The van der Waals surface area contributed by atoms with Crippen LogP contribution in [-0.4, -0.2) is 22.0 Å². The average Bonchev–Trinajstić information content (AvgIpc) is 3.33. The van der Waals surface area contributed by atoms with E-state index in [1.807, 2.05) is 41.3 Å². The van der Waals surface area contributed by atoms with Gasteiger partial charge in [0.1, 0.15) is 5.82 Å². The van der Waals surface area contributed by atoms with Gasteiger partial charge in [-0.2, -0.15) is 0 Å². The number of imidazole rings is 1. The first-order valence-electron chi connectivity index (χ1n) is 10.7. The van der Waals surface area contributed by atoms with Gasteiger partial charge in [-0.25, -0.2) is 4.98 Å². The van der Waals surface area contributed by atoms with Crippen LogP contribution in [0.15, 0.2) is 72.8 Å². The Labute approximate surface area is 182 Å². The Hall–Kier alpha value is -3.66. The highest BCUT2D eigenvalue weighted by atomic mass is 16.2. The fraction of sp³-hybridized carbons (Fsp3) is 0.185. The summed E-state index contributed by atoms with van der Waals surface area (Å²) in [6.45, 7) is 4.79. The zero-order valence-electron chi connectivity index (χ0n) is 17.8. The molecule has 0 saturated carbocycles. The Bertz CT molecular complexity index is 1290. The van der Waals surface area contributed by atoms with E-state index < -0.39 is 0 Å². The number of aryl methyl sites for hydroxylation is 2. The van der Waals surface area contributed by atoms with Crippen LogP contribution in [0.25, 0.3) is 23.3 Å². The molecule has 0 aliphatic carbocycles. The molecule has 0 N–H and O–H groups in total. The van der Waals surface area contributed by atoms with Gasteiger partial charge < -0.3 is 9.47 Å². The van der Waals surface area contributed by atoms with Gasteiger partial charge in [-0.15, -0.1) is 0 Å². The lowest BCUT2D eigenvalue weighted by Gasteiger charge is -2.19. The SMILES string of the molecule is Cc1ccc(N2CC(c3nc4ccccc4n3/C=C/c3ccccc3)CC2=O)c(C)c1. The summed E-state index contributed by atoms with van der Waals surface area (Å²) in [7, 11) is 0. The normalized spacial score (nSPS) is 16.6. The molecule has 0 bridgehead atoms. The number of hydrogen-bond donors (Lipinski definition) is 0. The predicted molar refractivity (Wildman–Crippen MR) is 127 cm³/mol. The van der Waals surface area contributed by atoms with Crippen LogP contribution in [0, 0.1) is 13.8 Å². The minimum atomic E-state index is 0.0426. The highest BCUT2D eigenvalue weighted by Crippen LogP contribution is 2.35. The van der Waals surface area contributed by atoms with E-state index in [2.05, 4.69) is 67.1 Å². The van der Waals surface area contributed by atoms with Crippen LogP contribution in [-0.2, 0) is 4.79 Å². The summed E-state index contributed by atoms with van der Waals surface area (Å²) in [5, 5.41) is 0. The van der Waals surface area contributed by atoms with Crippen LogP contribution in [0.5, 0.6) is 0 Å². The van der Waals surface area contributed by atoms with Crippen molar-refractivity contribution in [3.8, 4) is 0 Å². The van der Waals surface area contributed by atoms with E-state index in [0.717, 1.165) is 33.7 Å². The molecule has 4 nitrogen and oxygen atoms in total. The number of nitrogens with zero attached hydrogens (tertiary/aromatic N) is 3. The molecule has 154 valence electrons. The molecule has 1 aromatic heterocycles. The fourth-order valence-electron chi connectivity index (χ4n) is 4.45. The molecule has 1 saturated heterocycles. The molecule has 2 heterocycles. The van der Waals surface area contributed by atoms with Gasteiger partial charge in [0.05, 0.1) is 11.0 Å². The monoisotopic (exact) mass is 407 g/mol. The number of carbonyl (C=O) groups is 1. The van der Waals surface area contributed by atoms with Gasteiger partial charge in [-0.3, -0.25) is 4.79 Å². The highest BCUT2D eigenvalue weighted by Gasteiger charge is 2.35. The molecule has 5 rings (SSSR count). The largest absolute Gasteiger partial charge is 0.311 e. The molecule has 3 aromatic carbocycles. The Kier molecular flexibility index (Phi) is 4.91. The van der Waals surface area contributed by atoms with Crippen molar-refractivity contribution in [1.82, 2.24) is 9.55 Å². The third-order valence-corrected chi connectivity index (χ3v) is 5.97. The summed E-state index contributed by atoms with van der Waals surface area (Å²) in [5.74, 6) is 1.14. The molecule has 4 aromatic rings. The molecule has 0 spiro atoms. The van der Waals surface area contributed by atoms with Crippen LogP contribution in [0.2, 0.25) is 0 Å². The summed E-state index contributed by atoms with van der Waals surface area (Å²) < 4.78 is 2.14. The van der Waals surface area contributed by atoms with E-state index in [0.29, 0.717) is 13.0 Å². The van der Waals surface area contributed by atoms with Crippen LogP contribution in [0.3, 0.4) is 0 Å². The average molecular weight is 408 g/mol. The second kappa shape index (κ2) is 7.88. The first-order chi connectivity index (χ1) is 15.1. The van der Waals surface area contributed by atoms with E-state index in [9.17, 15) is 4.79 Å². The first kappa shape index (κ1) is 19.3. The first-order valence-corrected chi connectivity index (χ1v) is 10.7. The van der Waals surface area contributed by atoms with Crippen molar-refractivity contribution in [2.24, 2.45) is 0 Å². The number of benzene rings is 3. The van der Waals surface area contributed by atoms with E-state index >= 15 is 0 Å². The van der Waals surface area contributed by atoms with E-state index in [1.54, 1.807) is 0 Å². The smallest absolute Gasteiger partial charge is 0.227 e. The molecule has 31 heavy (non-hydrogen) atoms.